The van der Waals surface area contributed by atoms with Crippen LogP contribution in [-0.2, 0) is 0 Å². The number of unbranched alkanes of at least 4 members (excludes halogenated alkanes) is 2. The molecule has 1 aromatic rings. The molecule has 0 fully saturated rings. The molecule has 0 bridgehead atoms. The van der Waals surface area contributed by atoms with E-state index in [1.165, 1.54) is 0 Å². The molecule has 4 nitrogen and oxygen atoms in total. The second-order valence-corrected chi connectivity index (χ2v) is 4.97. The maximum atomic E-state index is 8.71. The van der Waals surface area contributed by atoms with Gasteiger partial charge in [0, 0.05) is 20.2 Å². The highest BCUT2D eigenvalue weighted by Gasteiger charge is 2.11. The van der Waals surface area contributed by atoms with Gasteiger partial charge >= 0.3 is 0 Å². The summed E-state index contributed by atoms with van der Waals surface area (Å²) in [7, 11) is 2.02. The molecule has 0 saturated heterocycles. The van der Waals surface area contributed by atoms with Crippen molar-refractivity contribution < 1.29 is 5.11 Å². The number of rotatable bonds is 6. The maximum absolute atomic E-state index is 8.71. The van der Waals surface area contributed by atoms with Gasteiger partial charge in [-0.15, -0.1) is 0 Å². The summed E-state index contributed by atoms with van der Waals surface area (Å²) in [5.74, 6) is 0.917. The van der Waals surface area contributed by atoms with E-state index in [1.807, 2.05) is 14.0 Å². The van der Waals surface area contributed by atoms with Crippen molar-refractivity contribution in [3.05, 3.63) is 16.2 Å². The van der Waals surface area contributed by atoms with Crippen LogP contribution >= 0.6 is 15.9 Å². The fourth-order valence-electron chi connectivity index (χ4n) is 1.59. The number of nitrogens with zero attached hydrogens (tertiary/aromatic N) is 2. The van der Waals surface area contributed by atoms with E-state index in [-0.39, 0.29) is 6.61 Å². The molecule has 0 radical (unpaired) electrons. The van der Waals surface area contributed by atoms with E-state index in [2.05, 4.69) is 25.8 Å². The molecule has 0 aromatic carbocycles. The number of hydrogen-bond donors (Lipinski definition) is 2. The summed E-state index contributed by atoms with van der Waals surface area (Å²) in [6, 6.07) is 0. The van der Waals surface area contributed by atoms with E-state index in [0.717, 1.165) is 41.7 Å². The minimum absolute atomic E-state index is 0.270. The summed E-state index contributed by atoms with van der Waals surface area (Å²) >= 11 is 3.53. The van der Waals surface area contributed by atoms with Gasteiger partial charge in [-0.1, -0.05) is 0 Å². The molecule has 0 unspecified atom stereocenters. The summed E-state index contributed by atoms with van der Waals surface area (Å²) in [5, 5.41) is 8.71. The van der Waals surface area contributed by atoms with Crippen molar-refractivity contribution >= 4 is 27.4 Å². The van der Waals surface area contributed by atoms with Gasteiger partial charge in [0.1, 0.15) is 5.82 Å². The third-order valence-corrected chi connectivity index (χ3v) is 3.75. The van der Waals surface area contributed by atoms with Crippen molar-refractivity contribution in [2.75, 3.05) is 30.8 Å². The molecule has 0 aliphatic carbocycles. The minimum atomic E-state index is 0.270. The van der Waals surface area contributed by atoms with Crippen molar-refractivity contribution in [2.24, 2.45) is 0 Å². The zero-order chi connectivity index (χ0) is 12.8. The third-order valence-electron chi connectivity index (χ3n) is 2.80. The summed E-state index contributed by atoms with van der Waals surface area (Å²) in [6.07, 6.45) is 4.64. The number of halogens is 1. The molecule has 1 rings (SSSR count). The highest BCUT2D eigenvalue weighted by molar-refractivity contribution is 9.10. The van der Waals surface area contributed by atoms with Gasteiger partial charge < -0.3 is 15.7 Å². The van der Waals surface area contributed by atoms with Gasteiger partial charge in [-0.2, -0.15) is 0 Å². The highest BCUT2D eigenvalue weighted by Crippen LogP contribution is 2.29. The molecular formula is C12H20BrN3O. The van der Waals surface area contributed by atoms with Gasteiger partial charge in [0.25, 0.3) is 0 Å². The lowest BCUT2D eigenvalue weighted by molar-refractivity contribution is 0.283. The molecule has 0 saturated carbocycles. The molecule has 3 N–H and O–H groups in total. The molecule has 17 heavy (non-hydrogen) atoms. The number of pyridine rings is 1. The SMILES string of the molecule is Cc1c(N)cnc(N(C)CCCCCO)c1Br. The Labute approximate surface area is 111 Å². The Morgan fingerprint density at radius 3 is 2.76 bits per heavy atom. The summed E-state index contributed by atoms with van der Waals surface area (Å²) in [4.78, 5) is 6.45. The van der Waals surface area contributed by atoms with Crippen LogP contribution in [0.4, 0.5) is 11.5 Å². The van der Waals surface area contributed by atoms with Crippen LogP contribution in [0.3, 0.4) is 0 Å². The lowest BCUT2D eigenvalue weighted by Crippen LogP contribution is -2.20. The number of aromatic nitrogens is 1. The van der Waals surface area contributed by atoms with Crippen LogP contribution in [0.15, 0.2) is 10.7 Å². The van der Waals surface area contributed by atoms with Crippen LogP contribution in [0.25, 0.3) is 0 Å². The van der Waals surface area contributed by atoms with E-state index < -0.39 is 0 Å². The second-order valence-electron chi connectivity index (χ2n) is 4.18. The Balaban J connectivity index is 2.63. The van der Waals surface area contributed by atoms with Gasteiger partial charge in [-0.05, 0) is 47.7 Å². The Kier molecular flexibility index (Phi) is 5.71. The van der Waals surface area contributed by atoms with Crippen molar-refractivity contribution in [3.8, 4) is 0 Å². The first-order valence-corrected chi connectivity index (χ1v) is 6.59. The summed E-state index contributed by atoms with van der Waals surface area (Å²) < 4.78 is 0.960. The predicted octanol–water partition coefficient (Wildman–Crippen LogP) is 2.33. The summed E-state index contributed by atoms with van der Waals surface area (Å²) in [6.45, 7) is 3.17. The van der Waals surface area contributed by atoms with Crippen LogP contribution in [0.1, 0.15) is 24.8 Å². The Hall–Kier alpha value is -0.810. The largest absolute Gasteiger partial charge is 0.397 e. The lowest BCUT2D eigenvalue weighted by atomic mass is 10.2. The fraction of sp³-hybridized carbons (Fsp3) is 0.583. The van der Waals surface area contributed by atoms with Gasteiger partial charge in [0.15, 0.2) is 0 Å². The quantitative estimate of drug-likeness (QED) is 0.792. The fourth-order valence-corrected chi connectivity index (χ4v) is 2.22. The van der Waals surface area contributed by atoms with Crippen molar-refractivity contribution in [2.45, 2.75) is 26.2 Å². The summed E-state index contributed by atoms with van der Waals surface area (Å²) in [5.41, 5.74) is 7.52. The van der Waals surface area contributed by atoms with Crippen molar-refractivity contribution in [1.29, 1.82) is 0 Å². The smallest absolute Gasteiger partial charge is 0.143 e. The van der Waals surface area contributed by atoms with E-state index in [0.29, 0.717) is 5.69 Å². The molecule has 0 aliphatic heterocycles. The average Bonchev–Trinajstić information content (AvgIpc) is 2.31. The normalized spacial score (nSPS) is 10.6. The van der Waals surface area contributed by atoms with Crippen LogP contribution in [-0.4, -0.2) is 30.3 Å². The van der Waals surface area contributed by atoms with Crippen molar-refractivity contribution in [3.63, 3.8) is 0 Å². The average molecular weight is 302 g/mol. The zero-order valence-corrected chi connectivity index (χ0v) is 12.0. The molecule has 0 spiro atoms. The first-order valence-electron chi connectivity index (χ1n) is 5.80. The van der Waals surface area contributed by atoms with Gasteiger partial charge in [-0.3, -0.25) is 0 Å². The van der Waals surface area contributed by atoms with Crippen LogP contribution in [0.5, 0.6) is 0 Å². The number of nitrogen functional groups attached to an aromatic ring is 1. The number of aliphatic hydroxyl groups excluding tert-OH is 1. The molecule has 0 aliphatic rings. The molecule has 5 heteroatoms. The van der Waals surface area contributed by atoms with Crippen LogP contribution < -0.4 is 10.6 Å². The molecule has 1 aromatic heterocycles. The Morgan fingerprint density at radius 2 is 2.12 bits per heavy atom. The predicted molar refractivity (Wildman–Crippen MR) is 75.3 cm³/mol. The van der Waals surface area contributed by atoms with E-state index in [1.54, 1.807) is 6.20 Å². The lowest BCUT2D eigenvalue weighted by Gasteiger charge is -2.20. The first-order chi connectivity index (χ1) is 8.07. The Bertz CT molecular complexity index is 371. The molecule has 0 atom stereocenters. The van der Waals surface area contributed by atoms with Crippen LogP contribution in [0, 0.1) is 6.92 Å². The Morgan fingerprint density at radius 1 is 1.41 bits per heavy atom. The minimum Gasteiger partial charge on any atom is -0.397 e. The maximum Gasteiger partial charge on any atom is 0.143 e. The van der Waals surface area contributed by atoms with Gasteiger partial charge in [0.05, 0.1) is 16.4 Å². The van der Waals surface area contributed by atoms with Gasteiger partial charge in [-0.25, -0.2) is 4.98 Å². The molecular weight excluding hydrogens is 282 g/mol. The number of anilines is 2. The highest BCUT2D eigenvalue weighted by atomic mass is 79.9. The standard InChI is InChI=1S/C12H20BrN3O/c1-9-10(14)8-15-12(11(9)13)16(2)6-4-3-5-7-17/h8,17H,3-7,14H2,1-2H3. The van der Waals surface area contributed by atoms with E-state index in [4.69, 9.17) is 10.8 Å². The molecule has 0 amide bonds. The van der Waals surface area contributed by atoms with E-state index in [9.17, 15) is 0 Å². The molecule has 96 valence electrons. The first kappa shape index (κ1) is 14.3. The van der Waals surface area contributed by atoms with E-state index >= 15 is 0 Å². The third kappa shape index (κ3) is 3.85. The zero-order valence-electron chi connectivity index (χ0n) is 10.4. The second kappa shape index (κ2) is 6.81. The monoisotopic (exact) mass is 301 g/mol. The number of hydrogen-bond acceptors (Lipinski definition) is 4. The topological polar surface area (TPSA) is 62.4 Å². The molecule has 1 heterocycles. The van der Waals surface area contributed by atoms with Crippen molar-refractivity contribution in [1.82, 2.24) is 4.98 Å². The van der Waals surface area contributed by atoms with Crippen LogP contribution in [0.2, 0.25) is 0 Å². The van der Waals surface area contributed by atoms with Gasteiger partial charge in [0.2, 0.25) is 0 Å². The number of nitrogens with two attached hydrogens (primary N) is 1. The number of aliphatic hydroxyl groups is 1.